The summed E-state index contributed by atoms with van der Waals surface area (Å²) in [5.41, 5.74) is 3.54. The molecule has 0 bridgehead atoms. The van der Waals surface area contributed by atoms with Gasteiger partial charge in [0.05, 0.1) is 0 Å². The largest absolute Gasteiger partial charge is 0.334 e. The molecule has 1 amide bonds. The number of benzene rings is 2. The van der Waals surface area contributed by atoms with E-state index in [1.165, 1.54) is 0 Å². The number of nitrogens with zero attached hydrogens (tertiary/aromatic N) is 2. The van der Waals surface area contributed by atoms with Crippen molar-refractivity contribution in [2.24, 2.45) is 0 Å². The van der Waals surface area contributed by atoms with Gasteiger partial charge in [0, 0.05) is 23.2 Å². The van der Waals surface area contributed by atoms with Gasteiger partial charge in [0.15, 0.2) is 0 Å². The summed E-state index contributed by atoms with van der Waals surface area (Å²) in [5, 5.41) is 6.99. The van der Waals surface area contributed by atoms with Crippen LogP contribution >= 0.6 is 0 Å². The Morgan fingerprint density at radius 3 is 2.80 bits per heavy atom. The molecule has 3 rings (SSSR count). The van der Waals surface area contributed by atoms with E-state index in [9.17, 15) is 4.79 Å². The molecule has 3 aromatic rings. The van der Waals surface area contributed by atoms with E-state index in [1.807, 2.05) is 55.5 Å². The Balaban J connectivity index is 1.80. The maximum Gasteiger partial charge on any atom is 0.258 e. The highest BCUT2D eigenvalue weighted by molar-refractivity contribution is 5.91. The Labute approximate surface area is 147 Å². The molecule has 0 radical (unpaired) electrons. The Morgan fingerprint density at radius 1 is 1.16 bits per heavy atom. The van der Waals surface area contributed by atoms with Crippen molar-refractivity contribution in [3.8, 4) is 22.8 Å². The zero-order valence-electron chi connectivity index (χ0n) is 14.5. The van der Waals surface area contributed by atoms with Gasteiger partial charge in [-0.25, -0.2) is 0 Å². The average molecular weight is 335 g/mol. The van der Waals surface area contributed by atoms with E-state index < -0.39 is 0 Å². The lowest BCUT2D eigenvalue weighted by Crippen LogP contribution is -2.10. The van der Waals surface area contributed by atoms with E-state index in [1.54, 1.807) is 0 Å². The van der Waals surface area contributed by atoms with Crippen molar-refractivity contribution in [2.75, 3.05) is 5.32 Å². The van der Waals surface area contributed by atoms with Crippen LogP contribution in [-0.2, 0) is 4.79 Å². The molecule has 0 aliphatic heterocycles. The first-order valence-electron chi connectivity index (χ1n) is 8.47. The molecule has 1 heterocycles. The molecule has 1 N–H and O–H groups in total. The second-order valence-corrected chi connectivity index (χ2v) is 5.97. The van der Waals surface area contributed by atoms with Gasteiger partial charge in [-0.2, -0.15) is 4.98 Å². The number of nitrogens with one attached hydrogen (secondary N) is 1. The fourth-order valence-corrected chi connectivity index (χ4v) is 2.56. The summed E-state index contributed by atoms with van der Waals surface area (Å²) < 4.78 is 5.41. The molecule has 128 valence electrons. The summed E-state index contributed by atoms with van der Waals surface area (Å²) in [5.74, 6) is 1.01. The highest BCUT2D eigenvalue weighted by Gasteiger charge is 2.13. The van der Waals surface area contributed by atoms with Gasteiger partial charge in [0.1, 0.15) is 0 Å². The minimum absolute atomic E-state index is 0.0186. The number of anilines is 1. The molecular weight excluding hydrogens is 314 g/mol. The lowest BCUT2D eigenvalue weighted by Gasteiger charge is -2.05. The summed E-state index contributed by atoms with van der Waals surface area (Å²) in [7, 11) is 0. The molecule has 1 aromatic heterocycles. The van der Waals surface area contributed by atoms with E-state index in [4.69, 9.17) is 4.52 Å². The quantitative estimate of drug-likeness (QED) is 0.700. The SMILES string of the molecule is CCCCC(=O)Nc1cccc(-c2nc(-c3ccccc3C)no2)c1. The fourth-order valence-electron chi connectivity index (χ4n) is 2.56. The Kier molecular flexibility index (Phi) is 5.23. The van der Waals surface area contributed by atoms with Crippen LogP contribution < -0.4 is 5.32 Å². The molecule has 25 heavy (non-hydrogen) atoms. The molecule has 5 heteroatoms. The minimum atomic E-state index is 0.0186. The van der Waals surface area contributed by atoms with Gasteiger partial charge in [-0.15, -0.1) is 0 Å². The minimum Gasteiger partial charge on any atom is -0.334 e. The number of aryl methyl sites for hydroxylation is 1. The number of rotatable bonds is 6. The highest BCUT2D eigenvalue weighted by atomic mass is 16.5. The Morgan fingerprint density at radius 2 is 2.00 bits per heavy atom. The zero-order valence-corrected chi connectivity index (χ0v) is 14.5. The van der Waals surface area contributed by atoms with Gasteiger partial charge in [0.25, 0.3) is 5.89 Å². The maximum absolute atomic E-state index is 11.9. The van der Waals surface area contributed by atoms with Crippen molar-refractivity contribution in [1.82, 2.24) is 10.1 Å². The molecule has 0 atom stereocenters. The first-order chi connectivity index (χ1) is 12.2. The highest BCUT2D eigenvalue weighted by Crippen LogP contribution is 2.26. The number of carbonyl (C=O) groups is 1. The van der Waals surface area contributed by atoms with Crippen molar-refractivity contribution < 1.29 is 9.32 Å². The van der Waals surface area contributed by atoms with Crippen LogP contribution in [0.4, 0.5) is 5.69 Å². The lowest BCUT2D eigenvalue weighted by atomic mass is 10.1. The molecule has 0 spiro atoms. The number of aromatic nitrogens is 2. The third-order valence-electron chi connectivity index (χ3n) is 3.96. The monoisotopic (exact) mass is 335 g/mol. The third kappa shape index (κ3) is 4.12. The molecular formula is C20H21N3O2. The van der Waals surface area contributed by atoms with Crippen LogP contribution in [-0.4, -0.2) is 16.0 Å². The second kappa shape index (κ2) is 7.75. The smallest absolute Gasteiger partial charge is 0.258 e. The predicted octanol–water partition coefficient (Wildman–Crippen LogP) is 4.84. The average Bonchev–Trinajstić information content (AvgIpc) is 3.10. The van der Waals surface area contributed by atoms with Gasteiger partial charge < -0.3 is 9.84 Å². The van der Waals surface area contributed by atoms with Gasteiger partial charge >= 0.3 is 0 Å². The molecule has 2 aromatic carbocycles. The van der Waals surface area contributed by atoms with E-state index in [-0.39, 0.29) is 5.91 Å². The normalized spacial score (nSPS) is 10.6. The van der Waals surface area contributed by atoms with Crippen LogP contribution in [0, 0.1) is 6.92 Å². The fraction of sp³-hybridized carbons (Fsp3) is 0.250. The molecule has 0 unspecified atom stereocenters. The van der Waals surface area contributed by atoms with Crippen LogP contribution in [0.1, 0.15) is 31.7 Å². The summed E-state index contributed by atoms with van der Waals surface area (Å²) in [4.78, 5) is 16.4. The van der Waals surface area contributed by atoms with Gasteiger partial charge in [-0.1, -0.05) is 48.8 Å². The van der Waals surface area contributed by atoms with Crippen LogP contribution in [0.5, 0.6) is 0 Å². The van der Waals surface area contributed by atoms with Gasteiger partial charge in [-0.3, -0.25) is 4.79 Å². The molecule has 0 saturated carbocycles. The number of hydrogen-bond acceptors (Lipinski definition) is 4. The Bertz CT molecular complexity index is 871. The first kappa shape index (κ1) is 16.9. The summed E-state index contributed by atoms with van der Waals surface area (Å²) >= 11 is 0. The lowest BCUT2D eigenvalue weighted by molar-refractivity contribution is -0.116. The van der Waals surface area contributed by atoms with E-state index in [2.05, 4.69) is 22.4 Å². The standard InChI is InChI=1S/C20H21N3O2/c1-3-4-12-18(24)21-16-10-7-9-15(13-16)20-22-19(23-25-20)17-11-6-5-8-14(17)2/h5-11,13H,3-4,12H2,1-2H3,(H,21,24). The number of amides is 1. The van der Waals surface area contributed by atoms with Crippen molar-refractivity contribution in [2.45, 2.75) is 33.1 Å². The number of hydrogen-bond donors (Lipinski definition) is 1. The van der Waals surface area contributed by atoms with Crippen molar-refractivity contribution in [3.63, 3.8) is 0 Å². The summed E-state index contributed by atoms with van der Waals surface area (Å²) in [6.45, 7) is 4.08. The molecule has 0 aliphatic carbocycles. The van der Waals surface area contributed by atoms with Crippen LogP contribution in [0.2, 0.25) is 0 Å². The molecule has 0 fully saturated rings. The molecule has 5 nitrogen and oxygen atoms in total. The first-order valence-corrected chi connectivity index (χ1v) is 8.47. The second-order valence-electron chi connectivity index (χ2n) is 5.97. The van der Waals surface area contributed by atoms with Crippen LogP contribution in [0.15, 0.2) is 53.1 Å². The number of carbonyl (C=O) groups excluding carboxylic acids is 1. The summed E-state index contributed by atoms with van der Waals surface area (Å²) in [6.07, 6.45) is 2.41. The molecule has 0 saturated heterocycles. The van der Waals surface area contributed by atoms with Crippen LogP contribution in [0.3, 0.4) is 0 Å². The van der Waals surface area contributed by atoms with E-state index >= 15 is 0 Å². The maximum atomic E-state index is 11.9. The zero-order chi connectivity index (χ0) is 17.6. The van der Waals surface area contributed by atoms with Crippen molar-refractivity contribution in [3.05, 3.63) is 54.1 Å². The Hall–Kier alpha value is -2.95. The molecule has 0 aliphatic rings. The van der Waals surface area contributed by atoms with Crippen LogP contribution in [0.25, 0.3) is 22.8 Å². The van der Waals surface area contributed by atoms with Gasteiger partial charge in [-0.05, 0) is 37.1 Å². The van der Waals surface area contributed by atoms with E-state index in [0.29, 0.717) is 18.1 Å². The predicted molar refractivity (Wildman–Crippen MR) is 98.1 cm³/mol. The topological polar surface area (TPSA) is 68.0 Å². The van der Waals surface area contributed by atoms with E-state index in [0.717, 1.165) is 35.2 Å². The van der Waals surface area contributed by atoms with Gasteiger partial charge in [0.2, 0.25) is 11.7 Å². The third-order valence-corrected chi connectivity index (χ3v) is 3.96. The van der Waals surface area contributed by atoms with Crippen molar-refractivity contribution >= 4 is 11.6 Å². The summed E-state index contributed by atoms with van der Waals surface area (Å²) in [6, 6.07) is 15.4. The van der Waals surface area contributed by atoms with Crippen molar-refractivity contribution in [1.29, 1.82) is 0 Å². The number of unbranched alkanes of at least 4 members (excludes halogenated alkanes) is 1.